The lowest BCUT2D eigenvalue weighted by atomic mass is 10.2. The maximum absolute atomic E-state index is 11.9. The van der Waals surface area contributed by atoms with E-state index in [1.54, 1.807) is 0 Å². The highest BCUT2D eigenvalue weighted by molar-refractivity contribution is 6.00. The van der Waals surface area contributed by atoms with Crippen LogP contribution in [0.2, 0.25) is 0 Å². The Morgan fingerprint density at radius 1 is 1.17 bits per heavy atom. The van der Waals surface area contributed by atoms with Crippen LogP contribution < -0.4 is 5.32 Å². The van der Waals surface area contributed by atoms with Gasteiger partial charge in [-0.1, -0.05) is 12.1 Å². The van der Waals surface area contributed by atoms with E-state index in [-0.39, 0.29) is 12.3 Å². The molecule has 0 bridgehead atoms. The molecule has 0 saturated heterocycles. The zero-order valence-electron chi connectivity index (χ0n) is 9.12. The molecule has 1 amide bonds. The molecule has 0 spiro atoms. The fourth-order valence-electron chi connectivity index (χ4n) is 1.12. The fraction of sp³-hybridized carbons (Fsp3) is 0.273. The van der Waals surface area contributed by atoms with Crippen LogP contribution in [0.1, 0.15) is 12.0 Å². The third-order valence-electron chi connectivity index (χ3n) is 2.06. The van der Waals surface area contributed by atoms with Gasteiger partial charge in [0, 0.05) is 6.54 Å². The topological polar surface area (TPSA) is 66.4 Å². The van der Waals surface area contributed by atoms with Crippen LogP contribution in [0.5, 0.6) is 5.75 Å². The second-order valence-electron chi connectivity index (χ2n) is 3.54. The largest absolute Gasteiger partial charge is 0.508 e. The fourth-order valence-corrected chi connectivity index (χ4v) is 1.12. The Labute approximate surface area is 100 Å². The lowest BCUT2D eigenvalue weighted by Gasteiger charge is -2.06. The van der Waals surface area contributed by atoms with Crippen molar-refractivity contribution >= 4 is 11.7 Å². The first kappa shape index (κ1) is 14.0. The summed E-state index contributed by atoms with van der Waals surface area (Å²) in [7, 11) is 0. The summed E-state index contributed by atoms with van der Waals surface area (Å²) in [6.45, 7) is -0.00967. The number of nitrogens with one attached hydrogen (secondary N) is 1. The highest BCUT2D eigenvalue weighted by atomic mass is 19.4. The van der Waals surface area contributed by atoms with Gasteiger partial charge in [0.2, 0.25) is 11.7 Å². The lowest BCUT2D eigenvalue weighted by Crippen LogP contribution is -2.31. The quantitative estimate of drug-likeness (QED) is 0.808. The third kappa shape index (κ3) is 4.44. The van der Waals surface area contributed by atoms with Gasteiger partial charge in [0.25, 0.3) is 0 Å². The molecule has 0 aliphatic rings. The van der Waals surface area contributed by atoms with Gasteiger partial charge < -0.3 is 10.4 Å². The molecule has 1 aromatic carbocycles. The van der Waals surface area contributed by atoms with E-state index >= 15 is 0 Å². The van der Waals surface area contributed by atoms with Crippen LogP contribution in [0.4, 0.5) is 13.2 Å². The van der Waals surface area contributed by atoms with Crippen molar-refractivity contribution in [2.45, 2.75) is 19.1 Å². The van der Waals surface area contributed by atoms with Gasteiger partial charge in [-0.2, -0.15) is 13.2 Å². The molecule has 1 aromatic rings. The minimum atomic E-state index is -4.99. The predicted octanol–water partition coefficient (Wildman–Crippen LogP) is 1.53. The van der Waals surface area contributed by atoms with Gasteiger partial charge in [-0.25, -0.2) is 0 Å². The summed E-state index contributed by atoms with van der Waals surface area (Å²) in [5.41, 5.74) is 0.598. The van der Waals surface area contributed by atoms with E-state index in [2.05, 4.69) is 5.32 Å². The van der Waals surface area contributed by atoms with Crippen LogP contribution in [0.15, 0.2) is 24.3 Å². The smallest absolute Gasteiger partial charge is 0.450 e. The van der Waals surface area contributed by atoms with E-state index in [0.29, 0.717) is 5.56 Å². The molecule has 18 heavy (non-hydrogen) atoms. The van der Waals surface area contributed by atoms with Gasteiger partial charge in [-0.05, 0) is 17.7 Å². The molecule has 1 rings (SSSR count). The number of phenols is 1. The highest BCUT2D eigenvalue weighted by Crippen LogP contribution is 2.17. The second kappa shape index (κ2) is 5.52. The Kier molecular flexibility index (Phi) is 4.30. The number of Topliss-reactive ketones (excluding diaryl/α,β-unsaturated/α-hetero) is 1. The number of phenolic OH excluding ortho intramolecular Hbond substituents is 1. The predicted molar refractivity (Wildman–Crippen MR) is 55.6 cm³/mol. The van der Waals surface area contributed by atoms with Crippen molar-refractivity contribution in [3.63, 3.8) is 0 Å². The lowest BCUT2D eigenvalue weighted by molar-refractivity contribution is -0.172. The van der Waals surface area contributed by atoms with Crippen LogP contribution in [-0.4, -0.2) is 23.0 Å². The number of amides is 1. The third-order valence-corrected chi connectivity index (χ3v) is 2.06. The van der Waals surface area contributed by atoms with Crippen molar-refractivity contribution in [3.05, 3.63) is 29.8 Å². The van der Waals surface area contributed by atoms with Gasteiger partial charge in [-0.15, -0.1) is 0 Å². The van der Waals surface area contributed by atoms with Gasteiger partial charge >= 0.3 is 6.18 Å². The molecule has 7 heteroatoms. The first-order chi connectivity index (χ1) is 8.29. The van der Waals surface area contributed by atoms with Crippen LogP contribution >= 0.6 is 0 Å². The maximum Gasteiger partial charge on any atom is 0.450 e. The molecule has 0 radical (unpaired) electrons. The summed E-state index contributed by atoms with van der Waals surface area (Å²) < 4.78 is 35.6. The van der Waals surface area contributed by atoms with E-state index in [1.807, 2.05) is 0 Å². The molecular weight excluding hydrogens is 251 g/mol. The average Bonchev–Trinajstić information content (AvgIpc) is 2.27. The van der Waals surface area contributed by atoms with Gasteiger partial charge in [0.15, 0.2) is 0 Å². The number of halogens is 3. The zero-order valence-corrected chi connectivity index (χ0v) is 9.12. The van der Waals surface area contributed by atoms with Crippen LogP contribution in [0.25, 0.3) is 0 Å². The number of alkyl halides is 3. The normalized spacial score (nSPS) is 11.1. The molecule has 0 unspecified atom stereocenters. The SMILES string of the molecule is O=C(CC(=O)C(F)(F)F)NCc1ccc(O)cc1. The van der Waals surface area contributed by atoms with E-state index in [0.717, 1.165) is 0 Å². The molecule has 2 N–H and O–H groups in total. The molecule has 0 aromatic heterocycles. The number of aromatic hydroxyl groups is 1. The van der Waals surface area contributed by atoms with Crippen molar-refractivity contribution in [2.24, 2.45) is 0 Å². The summed E-state index contributed by atoms with van der Waals surface area (Å²) in [5, 5.41) is 11.2. The Bertz CT molecular complexity index is 440. The summed E-state index contributed by atoms with van der Waals surface area (Å²) in [6.07, 6.45) is -6.21. The summed E-state index contributed by atoms with van der Waals surface area (Å²) in [6, 6.07) is 5.76. The van der Waals surface area contributed by atoms with Crippen LogP contribution in [-0.2, 0) is 16.1 Å². The van der Waals surface area contributed by atoms with Gasteiger partial charge in [-0.3, -0.25) is 9.59 Å². The summed E-state index contributed by atoms with van der Waals surface area (Å²) >= 11 is 0. The molecule has 0 aliphatic heterocycles. The number of carbonyl (C=O) groups excluding carboxylic acids is 2. The minimum absolute atomic E-state index is 0.00967. The van der Waals surface area contributed by atoms with Crippen molar-refractivity contribution in [1.82, 2.24) is 5.32 Å². The van der Waals surface area contributed by atoms with Crippen molar-refractivity contribution in [3.8, 4) is 5.75 Å². The Hall–Kier alpha value is -2.05. The average molecular weight is 261 g/mol. The Balaban J connectivity index is 2.42. The number of hydrogen-bond acceptors (Lipinski definition) is 3. The van der Waals surface area contributed by atoms with Crippen molar-refractivity contribution in [2.75, 3.05) is 0 Å². The monoisotopic (exact) mass is 261 g/mol. The van der Waals surface area contributed by atoms with Gasteiger partial charge in [0.1, 0.15) is 5.75 Å². The molecule has 0 atom stereocenters. The van der Waals surface area contributed by atoms with E-state index in [4.69, 9.17) is 5.11 Å². The molecule has 4 nitrogen and oxygen atoms in total. The first-order valence-electron chi connectivity index (χ1n) is 4.93. The minimum Gasteiger partial charge on any atom is -0.508 e. The van der Waals surface area contributed by atoms with Crippen LogP contribution in [0, 0.1) is 0 Å². The van der Waals surface area contributed by atoms with Crippen LogP contribution in [0.3, 0.4) is 0 Å². The van der Waals surface area contributed by atoms with E-state index in [1.165, 1.54) is 24.3 Å². The highest BCUT2D eigenvalue weighted by Gasteiger charge is 2.39. The zero-order chi connectivity index (χ0) is 13.8. The first-order valence-corrected chi connectivity index (χ1v) is 4.93. The molecule has 98 valence electrons. The van der Waals surface area contributed by atoms with E-state index in [9.17, 15) is 22.8 Å². The molecule has 0 heterocycles. The number of hydrogen-bond donors (Lipinski definition) is 2. The standard InChI is InChI=1S/C11H10F3NO3/c12-11(13,14)9(17)5-10(18)15-6-7-1-3-8(16)4-2-7/h1-4,16H,5-6H2,(H,15,18). The number of rotatable bonds is 4. The molecular formula is C11H10F3NO3. The Morgan fingerprint density at radius 3 is 2.22 bits per heavy atom. The second-order valence-corrected chi connectivity index (χ2v) is 3.54. The number of benzene rings is 1. The number of ketones is 1. The molecule has 0 fully saturated rings. The maximum atomic E-state index is 11.9. The van der Waals surface area contributed by atoms with Gasteiger partial charge in [0.05, 0.1) is 6.42 Å². The molecule has 0 aliphatic carbocycles. The summed E-state index contributed by atoms with van der Waals surface area (Å²) in [5.74, 6) is -3.03. The summed E-state index contributed by atoms with van der Waals surface area (Å²) in [4.78, 5) is 21.6. The molecule has 0 saturated carbocycles. The van der Waals surface area contributed by atoms with Crippen molar-refractivity contribution in [1.29, 1.82) is 0 Å². The van der Waals surface area contributed by atoms with Crippen molar-refractivity contribution < 1.29 is 27.9 Å². The Morgan fingerprint density at radius 2 is 1.72 bits per heavy atom. The number of carbonyl (C=O) groups is 2. The van der Waals surface area contributed by atoms with E-state index < -0.39 is 24.3 Å².